The van der Waals surface area contributed by atoms with E-state index in [2.05, 4.69) is 25.9 Å². The van der Waals surface area contributed by atoms with Gasteiger partial charge in [-0.3, -0.25) is 0 Å². The zero-order valence-corrected chi connectivity index (χ0v) is 12.8. The SMILES string of the molecule is Cc1cc(CCN)nc(-c2ccc(Br)cc2C(F)(F)F)n1. The number of aryl methyl sites for hydroxylation is 1. The molecule has 0 bridgehead atoms. The second-order valence-corrected chi connectivity index (χ2v) is 5.47. The maximum Gasteiger partial charge on any atom is 0.417 e. The van der Waals surface area contributed by atoms with Crippen LogP contribution >= 0.6 is 15.9 Å². The lowest BCUT2D eigenvalue weighted by molar-refractivity contribution is -0.137. The first-order valence-electron chi connectivity index (χ1n) is 6.23. The molecule has 2 N–H and O–H groups in total. The lowest BCUT2D eigenvalue weighted by atomic mass is 10.1. The number of hydrogen-bond acceptors (Lipinski definition) is 3. The molecule has 0 saturated carbocycles. The van der Waals surface area contributed by atoms with Gasteiger partial charge in [0.15, 0.2) is 5.82 Å². The van der Waals surface area contributed by atoms with Gasteiger partial charge in [-0.15, -0.1) is 0 Å². The second-order valence-electron chi connectivity index (χ2n) is 4.55. The maximum atomic E-state index is 13.2. The number of benzene rings is 1. The summed E-state index contributed by atoms with van der Waals surface area (Å²) in [5.41, 5.74) is 5.92. The molecule has 0 aliphatic heterocycles. The third-order valence-electron chi connectivity index (χ3n) is 2.84. The third-order valence-corrected chi connectivity index (χ3v) is 3.33. The van der Waals surface area contributed by atoms with Gasteiger partial charge in [0.1, 0.15) is 0 Å². The Morgan fingerprint density at radius 2 is 1.90 bits per heavy atom. The molecule has 0 atom stereocenters. The van der Waals surface area contributed by atoms with Crippen LogP contribution < -0.4 is 5.73 Å². The van der Waals surface area contributed by atoms with E-state index in [1.165, 1.54) is 6.07 Å². The van der Waals surface area contributed by atoms with Crippen LogP contribution in [0.2, 0.25) is 0 Å². The summed E-state index contributed by atoms with van der Waals surface area (Å²) in [6.07, 6.45) is -3.98. The van der Waals surface area contributed by atoms with E-state index in [1.54, 1.807) is 19.1 Å². The molecule has 0 aliphatic carbocycles. The summed E-state index contributed by atoms with van der Waals surface area (Å²) < 4.78 is 39.9. The monoisotopic (exact) mass is 359 g/mol. The maximum absolute atomic E-state index is 13.2. The van der Waals surface area contributed by atoms with Crippen LogP contribution in [-0.4, -0.2) is 16.5 Å². The molecule has 3 nitrogen and oxygen atoms in total. The summed E-state index contributed by atoms with van der Waals surface area (Å²) in [6, 6.07) is 5.67. The number of rotatable bonds is 3. The van der Waals surface area contributed by atoms with E-state index in [9.17, 15) is 13.2 Å². The van der Waals surface area contributed by atoms with Gasteiger partial charge in [-0.25, -0.2) is 9.97 Å². The van der Waals surface area contributed by atoms with E-state index in [1.807, 2.05) is 0 Å². The Bertz CT molecular complexity index is 656. The predicted molar refractivity (Wildman–Crippen MR) is 77.7 cm³/mol. The van der Waals surface area contributed by atoms with Gasteiger partial charge >= 0.3 is 6.18 Å². The molecule has 0 aliphatic rings. The molecule has 21 heavy (non-hydrogen) atoms. The number of aromatic nitrogens is 2. The van der Waals surface area contributed by atoms with Crippen molar-refractivity contribution in [3.8, 4) is 11.4 Å². The molecule has 1 aromatic carbocycles. The standard InChI is InChI=1S/C14H13BrF3N3/c1-8-6-10(4-5-19)21-13(20-8)11-3-2-9(15)7-12(11)14(16,17)18/h2-3,6-7H,4-5,19H2,1H3. The van der Waals surface area contributed by atoms with E-state index >= 15 is 0 Å². The van der Waals surface area contributed by atoms with Crippen LogP contribution in [0.15, 0.2) is 28.7 Å². The Kier molecular flexibility index (Phi) is 4.63. The molecule has 1 heterocycles. The van der Waals surface area contributed by atoms with E-state index in [0.29, 0.717) is 28.8 Å². The van der Waals surface area contributed by atoms with Crippen LogP contribution in [-0.2, 0) is 12.6 Å². The molecule has 2 rings (SSSR count). The van der Waals surface area contributed by atoms with Gasteiger partial charge in [-0.2, -0.15) is 13.2 Å². The van der Waals surface area contributed by atoms with Crippen LogP contribution in [0.1, 0.15) is 17.0 Å². The van der Waals surface area contributed by atoms with Crippen LogP contribution in [0.4, 0.5) is 13.2 Å². The summed E-state index contributed by atoms with van der Waals surface area (Å²) in [5, 5.41) is 0. The average Bonchev–Trinajstić information content (AvgIpc) is 2.37. The minimum absolute atomic E-state index is 0.0346. The van der Waals surface area contributed by atoms with E-state index < -0.39 is 11.7 Å². The zero-order chi connectivity index (χ0) is 15.6. The Hall–Kier alpha value is -1.47. The van der Waals surface area contributed by atoms with Crippen molar-refractivity contribution in [3.05, 3.63) is 45.7 Å². The van der Waals surface area contributed by atoms with E-state index in [0.717, 1.165) is 6.07 Å². The lowest BCUT2D eigenvalue weighted by Crippen LogP contribution is -2.10. The molecular weight excluding hydrogens is 347 g/mol. The Morgan fingerprint density at radius 1 is 1.19 bits per heavy atom. The highest BCUT2D eigenvalue weighted by molar-refractivity contribution is 9.10. The summed E-state index contributed by atoms with van der Waals surface area (Å²) in [5.74, 6) is 0.0678. The van der Waals surface area contributed by atoms with Crippen LogP contribution in [0.3, 0.4) is 0 Å². The van der Waals surface area contributed by atoms with Crippen molar-refractivity contribution in [1.82, 2.24) is 9.97 Å². The fourth-order valence-corrected chi connectivity index (χ4v) is 2.34. The largest absolute Gasteiger partial charge is 0.417 e. The van der Waals surface area contributed by atoms with Crippen molar-refractivity contribution < 1.29 is 13.2 Å². The number of hydrogen-bond donors (Lipinski definition) is 1. The second kappa shape index (κ2) is 6.11. The summed E-state index contributed by atoms with van der Waals surface area (Å²) in [4.78, 5) is 8.31. The first kappa shape index (κ1) is 15.9. The van der Waals surface area contributed by atoms with E-state index in [-0.39, 0.29) is 11.4 Å². The van der Waals surface area contributed by atoms with Gasteiger partial charge in [-0.1, -0.05) is 15.9 Å². The van der Waals surface area contributed by atoms with Crippen LogP contribution in [0.5, 0.6) is 0 Å². The molecule has 0 fully saturated rings. The fourth-order valence-electron chi connectivity index (χ4n) is 1.98. The number of nitrogens with zero attached hydrogens (tertiary/aromatic N) is 2. The lowest BCUT2D eigenvalue weighted by Gasteiger charge is -2.13. The van der Waals surface area contributed by atoms with Gasteiger partial charge in [0, 0.05) is 27.8 Å². The molecule has 112 valence electrons. The highest BCUT2D eigenvalue weighted by atomic mass is 79.9. The normalized spacial score (nSPS) is 11.7. The topological polar surface area (TPSA) is 51.8 Å². The molecule has 1 aromatic heterocycles. The number of halogens is 4. The first-order valence-corrected chi connectivity index (χ1v) is 7.02. The van der Waals surface area contributed by atoms with Gasteiger partial charge in [0.25, 0.3) is 0 Å². The van der Waals surface area contributed by atoms with Gasteiger partial charge in [0.05, 0.1) is 5.56 Å². The molecule has 2 aromatic rings. The predicted octanol–water partition coefficient (Wildman–Crippen LogP) is 3.73. The van der Waals surface area contributed by atoms with Crippen molar-refractivity contribution in [2.45, 2.75) is 19.5 Å². The van der Waals surface area contributed by atoms with Crippen molar-refractivity contribution in [3.63, 3.8) is 0 Å². The van der Waals surface area contributed by atoms with Crippen molar-refractivity contribution in [2.24, 2.45) is 5.73 Å². The minimum atomic E-state index is -4.47. The van der Waals surface area contributed by atoms with Gasteiger partial charge in [0.2, 0.25) is 0 Å². The highest BCUT2D eigenvalue weighted by Crippen LogP contribution is 2.37. The zero-order valence-electron chi connectivity index (χ0n) is 11.2. The van der Waals surface area contributed by atoms with Crippen molar-refractivity contribution >= 4 is 15.9 Å². The molecule has 0 saturated heterocycles. The first-order chi connectivity index (χ1) is 9.81. The van der Waals surface area contributed by atoms with Crippen molar-refractivity contribution in [2.75, 3.05) is 6.54 Å². The van der Waals surface area contributed by atoms with E-state index in [4.69, 9.17) is 5.73 Å². The average molecular weight is 360 g/mol. The fraction of sp³-hybridized carbons (Fsp3) is 0.286. The van der Waals surface area contributed by atoms with Crippen LogP contribution in [0, 0.1) is 6.92 Å². The van der Waals surface area contributed by atoms with Crippen molar-refractivity contribution in [1.29, 1.82) is 0 Å². The third kappa shape index (κ3) is 3.79. The summed E-state index contributed by atoms with van der Waals surface area (Å²) in [6.45, 7) is 2.10. The molecule has 0 spiro atoms. The van der Waals surface area contributed by atoms with Gasteiger partial charge in [-0.05, 0) is 37.7 Å². The smallest absolute Gasteiger partial charge is 0.330 e. The minimum Gasteiger partial charge on any atom is -0.330 e. The Labute approximate surface area is 128 Å². The molecular formula is C14H13BrF3N3. The molecule has 0 radical (unpaired) electrons. The van der Waals surface area contributed by atoms with Gasteiger partial charge < -0.3 is 5.73 Å². The highest BCUT2D eigenvalue weighted by Gasteiger charge is 2.34. The summed E-state index contributed by atoms with van der Waals surface area (Å²) in [7, 11) is 0. The quantitative estimate of drug-likeness (QED) is 0.908. The Balaban J connectivity index is 2.61. The number of alkyl halides is 3. The molecule has 7 heteroatoms. The Morgan fingerprint density at radius 3 is 2.52 bits per heavy atom. The molecule has 0 unspecified atom stereocenters. The summed E-state index contributed by atoms with van der Waals surface area (Å²) >= 11 is 3.06. The van der Waals surface area contributed by atoms with Crippen LogP contribution in [0.25, 0.3) is 11.4 Å². The number of nitrogens with two attached hydrogens (primary N) is 1. The molecule has 0 amide bonds.